The fourth-order valence-corrected chi connectivity index (χ4v) is 10.0. The van der Waals surface area contributed by atoms with E-state index in [9.17, 15) is 0 Å². The third kappa shape index (κ3) is 4.95. The third-order valence-electron chi connectivity index (χ3n) is 12.9. The van der Waals surface area contributed by atoms with Gasteiger partial charge in [-0.05, 0) is 121 Å². The van der Waals surface area contributed by atoms with Crippen molar-refractivity contribution in [2.75, 3.05) is 0 Å². The second-order valence-electron chi connectivity index (χ2n) is 16.8. The first-order valence-corrected chi connectivity index (χ1v) is 20.4. The van der Waals surface area contributed by atoms with Gasteiger partial charge in [0.05, 0.1) is 28.1 Å². The summed E-state index contributed by atoms with van der Waals surface area (Å²) in [5, 5.41) is 11.1. The number of benzene rings is 9. The van der Waals surface area contributed by atoms with Crippen LogP contribution >= 0.6 is 0 Å². The molecule has 0 fully saturated rings. The molecular weight excluding hydrogens is 717 g/mol. The van der Waals surface area contributed by atoms with Crippen molar-refractivity contribution in [1.29, 1.82) is 0 Å². The van der Waals surface area contributed by atoms with E-state index in [0.717, 1.165) is 55.6 Å². The van der Waals surface area contributed by atoms with Crippen LogP contribution in [0.25, 0.3) is 104 Å². The number of hydrogen-bond acceptors (Lipinski definition) is 2. The van der Waals surface area contributed by atoms with Crippen LogP contribution in [-0.4, -0.2) is 9.55 Å². The summed E-state index contributed by atoms with van der Waals surface area (Å²) in [5.74, 6) is 0. The molecule has 0 saturated carbocycles. The first-order valence-electron chi connectivity index (χ1n) is 20.4. The van der Waals surface area contributed by atoms with E-state index in [4.69, 9.17) is 4.98 Å². The predicted octanol–water partition coefficient (Wildman–Crippen LogP) is 14.1. The van der Waals surface area contributed by atoms with Crippen molar-refractivity contribution in [3.05, 3.63) is 203 Å². The van der Waals surface area contributed by atoms with Gasteiger partial charge in [0, 0.05) is 27.3 Å². The molecule has 0 spiro atoms. The van der Waals surface area contributed by atoms with Gasteiger partial charge in [-0.1, -0.05) is 147 Å². The molecule has 1 aliphatic rings. The maximum Gasteiger partial charge on any atom is 0.197 e. The normalized spacial score (nSPS) is 13.2. The van der Waals surface area contributed by atoms with Crippen LogP contribution in [0, 0.1) is 6.92 Å². The Morgan fingerprint density at radius 2 is 0.932 bits per heavy atom. The molecule has 0 radical (unpaired) electrons. The lowest BCUT2D eigenvalue weighted by Gasteiger charge is -2.24. The van der Waals surface area contributed by atoms with Gasteiger partial charge >= 0.3 is 0 Å². The largest absolute Gasteiger partial charge is 0.309 e. The SMILES string of the molecule is Cc1ccc2c(c1)c1ccccc1c1cc3c(cc21)C(C)(C)c1cc2c(cc1-3)c(=O)c1cc3ccccc3cc1n2-c1cc(-c2ccccc2)nc(-c2ccccc2)c1. The standard InChI is InChI=1S/C56H38N2O/c1-33-22-23-41-42(24-33)39-20-12-13-21-40(39)43-29-45-46-30-48-54(32-50(46)56(2,3)49(45)31-44(41)43)58(53-26-37-19-11-10-18-36(37)25-47(53)55(48)59)38-27-51(34-14-6-4-7-15-34)57-52(28-38)35-16-8-5-9-17-35/h4-32H,1-3H3. The van der Waals surface area contributed by atoms with E-state index in [2.05, 4.69) is 183 Å². The quantitative estimate of drug-likeness (QED) is 0.133. The van der Waals surface area contributed by atoms with Crippen molar-refractivity contribution in [2.45, 2.75) is 26.2 Å². The van der Waals surface area contributed by atoms with E-state index < -0.39 is 0 Å². The van der Waals surface area contributed by atoms with Crippen LogP contribution in [0.2, 0.25) is 0 Å². The molecule has 1 aliphatic carbocycles. The van der Waals surface area contributed by atoms with Gasteiger partial charge in [-0.2, -0.15) is 0 Å². The highest BCUT2D eigenvalue weighted by molar-refractivity contribution is 6.26. The zero-order chi connectivity index (χ0) is 39.6. The van der Waals surface area contributed by atoms with Gasteiger partial charge < -0.3 is 4.57 Å². The molecule has 11 aromatic rings. The van der Waals surface area contributed by atoms with Crippen LogP contribution in [0.3, 0.4) is 0 Å². The Balaban J connectivity index is 1.21. The molecule has 0 saturated heterocycles. The molecule has 0 amide bonds. The molecule has 12 rings (SSSR count). The summed E-state index contributed by atoms with van der Waals surface area (Å²) in [6.07, 6.45) is 0. The molecule has 9 aromatic carbocycles. The summed E-state index contributed by atoms with van der Waals surface area (Å²) in [5.41, 5.74) is 12.3. The van der Waals surface area contributed by atoms with Gasteiger partial charge in [0.25, 0.3) is 0 Å². The minimum Gasteiger partial charge on any atom is -0.309 e. The highest BCUT2D eigenvalue weighted by Crippen LogP contribution is 2.52. The molecule has 3 heteroatoms. The molecule has 3 nitrogen and oxygen atoms in total. The average Bonchev–Trinajstić information content (AvgIpc) is 3.49. The van der Waals surface area contributed by atoms with E-state index in [1.54, 1.807) is 0 Å². The zero-order valence-corrected chi connectivity index (χ0v) is 33.0. The highest BCUT2D eigenvalue weighted by Gasteiger charge is 2.37. The molecule has 278 valence electrons. The van der Waals surface area contributed by atoms with Gasteiger partial charge in [-0.3, -0.25) is 4.79 Å². The summed E-state index contributed by atoms with van der Waals surface area (Å²) in [6.45, 7) is 6.85. The van der Waals surface area contributed by atoms with Crippen LogP contribution < -0.4 is 5.43 Å². The van der Waals surface area contributed by atoms with Crippen LogP contribution in [0.15, 0.2) is 181 Å². The molecule has 59 heavy (non-hydrogen) atoms. The Bertz CT molecular complexity index is 3600. The van der Waals surface area contributed by atoms with Crippen LogP contribution in [-0.2, 0) is 5.41 Å². The maximum absolute atomic E-state index is 15.1. The molecule has 0 bridgehead atoms. The minimum absolute atomic E-state index is 0.0410. The Hall–Kier alpha value is -7.36. The van der Waals surface area contributed by atoms with Gasteiger partial charge in [-0.15, -0.1) is 0 Å². The Morgan fingerprint density at radius 1 is 0.441 bits per heavy atom. The van der Waals surface area contributed by atoms with Gasteiger partial charge in [0.2, 0.25) is 0 Å². The molecule has 0 aliphatic heterocycles. The van der Waals surface area contributed by atoms with E-state index in [1.807, 2.05) is 18.2 Å². The smallest absolute Gasteiger partial charge is 0.197 e. The lowest BCUT2D eigenvalue weighted by Crippen LogP contribution is -2.17. The second-order valence-corrected chi connectivity index (χ2v) is 16.8. The number of pyridine rings is 2. The number of aryl methyl sites for hydroxylation is 1. The fraction of sp³-hybridized carbons (Fsp3) is 0.0714. The lowest BCUT2D eigenvalue weighted by molar-refractivity contribution is 0.662. The first kappa shape index (κ1) is 33.7. The van der Waals surface area contributed by atoms with Crippen molar-refractivity contribution >= 4 is 64.9 Å². The molecule has 2 aromatic heterocycles. The number of rotatable bonds is 3. The first-order chi connectivity index (χ1) is 28.8. The summed E-state index contributed by atoms with van der Waals surface area (Å²) in [7, 11) is 0. The van der Waals surface area contributed by atoms with E-state index in [1.165, 1.54) is 54.6 Å². The van der Waals surface area contributed by atoms with Crippen molar-refractivity contribution in [1.82, 2.24) is 9.55 Å². The molecule has 2 heterocycles. The number of aromatic nitrogens is 2. The topological polar surface area (TPSA) is 34.9 Å². The van der Waals surface area contributed by atoms with Crippen LogP contribution in [0.1, 0.15) is 30.5 Å². The lowest BCUT2D eigenvalue weighted by atomic mass is 9.81. The Morgan fingerprint density at radius 3 is 1.59 bits per heavy atom. The number of nitrogens with zero attached hydrogens (tertiary/aromatic N) is 2. The van der Waals surface area contributed by atoms with Crippen molar-refractivity contribution in [2.24, 2.45) is 0 Å². The van der Waals surface area contributed by atoms with Gasteiger partial charge in [0.1, 0.15) is 0 Å². The summed E-state index contributed by atoms with van der Waals surface area (Å²) in [4.78, 5) is 20.3. The summed E-state index contributed by atoms with van der Waals surface area (Å²) in [6, 6.07) is 62.7. The Labute approximate surface area is 341 Å². The van der Waals surface area contributed by atoms with E-state index >= 15 is 4.79 Å². The Kier molecular flexibility index (Phi) is 7.05. The fourth-order valence-electron chi connectivity index (χ4n) is 10.0. The van der Waals surface area contributed by atoms with Gasteiger partial charge in [0.15, 0.2) is 5.43 Å². The van der Waals surface area contributed by atoms with Crippen LogP contribution in [0.4, 0.5) is 0 Å². The van der Waals surface area contributed by atoms with Crippen LogP contribution in [0.5, 0.6) is 0 Å². The average molecular weight is 755 g/mol. The van der Waals surface area contributed by atoms with Crippen molar-refractivity contribution < 1.29 is 0 Å². The molecular formula is C56H38N2O. The zero-order valence-electron chi connectivity index (χ0n) is 33.0. The summed E-state index contributed by atoms with van der Waals surface area (Å²) < 4.78 is 2.32. The predicted molar refractivity (Wildman–Crippen MR) is 248 cm³/mol. The summed E-state index contributed by atoms with van der Waals surface area (Å²) >= 11 is 0. The number of hydrogen-bond donors (Lipinski definition) is 0. The minimum atomic E-state index is -0.336. The highest BCUT2D eigenvalue weighted by atomic mass is 16.1. The van der Waals surface area contributed by atoms with E-state index in [-0.39, 0.29) is 10.8 Å². The molecule has 0 atom stereocenters. The molecule has 0 N–H and O–H groups in total. The third-order valence-corrected chi connectivity index (χ3v) is 12.9. The number of fused-ring (bicyclic) bond motifs is 12. The second kappa shape index (κ2) is 12.3. The van der Waals surface area contributed by atoms with Crippen molar-refractivity contribution in [3.8, 4) is 39.3 Å². The van der Waals surface area contributed by atoms with Crippen molar-refractivity contribution in [3.63, 3.8) is 0 Å². The van der Waals surface area contributed by atoms with E-state index in [0.29, 0.717) is 10.8 Å². The maximum atomic E-state index is 15.1. The monoisotopic (exact) mass is 754 g/mol. The molecule has 0 unspecified atom stereocenters. The van der Waals surface area contributed by atoms with Gasteiger partial charge in [-0.25, -0.2) is 4.98 Å².